The molecule has 0 bridgehead atoms. The minimum Gasteiger partial charge on any atom is -0.465 e. The second-order valence-corrected chi connectivity index (χ2v) is 10.1. The van der Waals surface area contributed by atoms with Crippen LogP contribution in [0.4, 0.5) is 0 Å². The van der Waals surface area contributed by atoms with Crippen molar-refractivity contribution < 1.29 is 23.3 Å². The van der Waals surface area contributed by atoms with Crippen molar-refractivity contribution >= 4 is 28.6 Å². The molecule has 35 heavy (non-hydrogen) atoms. The lowest BCUT2D eigenvalue weighted by molar-refractivity contribution is -0.134. The Bertz CT molecular complexity index is 1110. The summed E-state index contributed by atoms with van der Waals surface area (Å²) < 4.78 is 18.6. The molecule has 2 aromatic rings. The number of ether oxygens (including phenoxy) is 1. The highest BCUT2D eigenvalue weighted by Crippen LogP contribution is 2.21. The number of carbonyl (C=O) groups excluding carboxylic acids is 3. The molecule has 9 nitrogen and oxygen atoms in total. The highest BCUT2D eigenvalue weighted by Gasteiger charge is 2.31. The third-order valence-electron chi connectivity index (χ3n) is 6.36. The van der Waals surface area contributed by atoms with Gasteiger partial charge >= 0.3 is 5.97 Å². The van der Waals surface area contributed by atoms with Gasteiger partial charge in [0.2, 0.25) is 5.91 Å². The molecule has 0 aliphatic carbocycles. The molecule has 1 saturated heterocycles. The van der Waals surface area contributed by atoms with Gasteiger partial charge in [-0.05, 0) is 45.7 Å². The van der Waals surface area contributed by atoms with Gasteiger partial charge in [-0.15, -0.1) is 0 Å². The average molecular weight is 503 g/mol. The molecule has 0 saturated carbocycles. The highest BCUT2D eigenvalue weighted by molar-refractivity contribution is 7.84. The summed E-state index contributed by atoms with van der Waals surface area (Å²) in [6.45, 7) is 7.44. The number of benzene rings is 1. The number of carbonyl (C=O) groups is 3. The number of rotatable bonds is 8. The van der Waals surface area contributed by atoms with Crippen molar-refractivity contribution in [3.8, 4) is 0 Å². The van der Waals surface area contributed by atoms with Gasteiger partial charge in [-0.3, -0.25) is 18.5 Å². The number of nitrogens with zero attached hydrogens (tertiary/aromatic N) is 4. The zero-order valence-electron chi connectivity index (χ0n) is 21.1. The first-order chi connectivity index (χ1) is 16.7. The van der Waals surface area contributed by atoms with Crippen LogP contribution in [-0.2, 0) is 26.9 Å². The third kappa shape index (κ3) is 5.98. The van der Waals surface area contributed by atoms with Crippen LogP contribution in [0.25, 0.3) is 0 Å². The van der Waals surface area contributed by atoms with Crippen LogP contribution in [0.1, 0.15) is 58.2 Å². The van der Waals surface area contributed by atoms with E-state index in [0.717, 1.165) is 18.4 Å². The van der Waals surface area contributed by atoms with Crippen molar-refractivity contribution in [1.29, 1.82) is 0 Å². The lowest BCUT2D eigenvalue weighted by Crippen LogP contribution is -2.51. The van der Waals surface area contributed by atoms with Gasteiger partial charge in [-0.2, -0.15) is 5.10 Å². The molecule has 0 radical (unpaired) electrons. The van der Waals surface area contributed by atoms with Gasteiger partial charge < -0.3 is 14.5 Å². The molecule has 1 aromatic carbocycles. The molecule has 3 rings (SSSR count). The van der Waals surface area contributed by atoms with Gasteiger partial charge in [0, 0.05) is 43.9 Å². The van der Waals surface area contributed by atoms with Crippen LogP contribution < -0.4 is 0 Å². The molecule has 1 aliphatic rings. The monoisotopic (exact) mass is 502 g/mol. The van der Waals surface area contributed by atoms with E-state index in [1.165, 1.54) is 18.0 Å². The normalized spacial score (nSPS) is 16.6. The first-order valence-corrected chi connectivity index (χ1v) is 13.4. The van der Waals surface area contributed by atoms with Crippen LogP contribution in [0.5, 0.6) is 0 Å². The van der Waals surface area contributed by atoms with Crippen LogP contribution in [0, 0.1) is 13.8 Å². The standard InChI is InChI=1S/C25H34N4O5S/c1-6-28(20-8-7-14-27(16-20)23(31)19-11-9-17(2)10-12-19)21(30)13-15-29-24(35(5)33)22(18(3)26-29)25(32)34-4/h9-12,20H,6-8,13-16H2,1-5H3/t20-,35?/m0/s1. The number of esters is 1. The van der Waals surface area contributed by atoms with E-state index in [1.54, 1.807) is 6.92 Å². The Morgan fingerprint density at radius 2 is 1.89 bits per heavy atom. The van der Waals surface area contributed by atoms with E-state index in [2.05, 4.69) is 5.10 Å². The predicted molar refractivity (Wildman–Crippen MR) is 133 cm³/mol. The number of amides is 2. The summed E-state index contributed by atoms with van der Waals surface area (Å²) in [5, 5.41) is 4.61. The van der Waals surface area contributed by atoms with Gasteiger partial charge in [-0.1, -0.05) is 17.7 Å². The second-order valence-electron chi connectivity index (χ2n) is 8.78. The molecule has 0 N–H and O–H groups in total. The summed E-state index contributed by atoms with van der Waals surface area (Å²) >= 11 is 0. The van der Waals surface area contributed by atoms with E-state index < -0.39 is 16.8 Å². The van der Waals surface area contributed by atoms with E-state index in [9.17, 15) is 18.6 Å². The summed E-state index contributed by atoms with van der Waals surface area (Å²) in [7, 11) is -0.219. The molecular formula is C25H34N4O5S. The molecule has 1 unspecified atom stereocenters. The molecule has 0 spiro atoms. The first-order valence-electron chi connectivity index (χ1n) is 11.8. The number of likely N-dealkylation sites (N-methyl/N-ethyl adjacent to an activating group) is 1. The number of piperidine rings is 1. The topological polar surface area (TPSA) is 102 Å². The number of likely N-dealkylation sites (tertiary alicyclic amines) is 1. The van der Waals surface area contributed by atoms with Gasteiger partial charge in [0.1, 0.15) is 10.6 Å². The Labute approximate surface area is 208 Å². The lowest BCUT2D eigenvalue weighted by Gasteiger charge is -2.39. The van der Waals surface area contributed by atoms with E-state index >= 15 is 0 Å². The predicted octanol–water partition coefficient (Wildman–Crippen LogP) is 2.57. The summed E-state index contributed by atoms with van der Waals surface area (Å²) in [6, 6.07) is 7.47. The van der Waals surface area contributed by atoms with Gasteiger partial charge in [0.05, 0.1) is 30.1 Å². The van der Waals surface area contributed by atoms with Crippen LogP contribution in [0.2, 0.25) is 0 Å². The lowest BCUT2D eigenvalue weighted by atomic mass is 10.0. The molecule has 2 heterocycles. The summed E-state index contributed by atoms with van der Waals surface area (Å²) in [4.78, 5) is 42.0. The largest absolute Gasteiger partial charge is 0.465 e. The van der Waals surface area contributed by atoms with Crippen molar-refractivity contribution in [3.63, 3.8) is 0 Å². The minimum absolute atomic E-state index is 0.0179. The number of aryl methyl sites for hydroxylation is 3. The van der Waals surface area contributed by atoms with E-state index in [-0.39, 0.29) is 41.4 Å². The molecule has 10 heteroatoms. The van der Waals surface area contributed by atoms with Crippen molar-refractivity contribution in [1.82, 2.24) is 19.6 Å². The van der Waals surface area contributed by atoms with Crippen molar-refractivity contribution in [2.45, 2.75) is 57.6 Å². The van der Waals surface area contributed by atoms with Gasteiger partial charge in [0.25, 0.3) is 5.91 Å². The average Bonchev–Trinajstić information content (AvgIpc) is 3.19. The molecule has 190 valence electrons. The van der Waals surface area contributed by atoms with Crippen LogP contribution in [0.3, 0.4) is 0 Å². The Morgan fingerprint density at radius 1 is 1.20 bits per heavy atom. The van der Waals surface area contributed by atoms with Crippen LogP contribution in [0.15, 0.2) is 29.3 Å². The number of hydrogen-bond donors (Lipinski definition) is 0. The van der Waals surface area contributed by atoms with E-state index in [0.29, 0.717) is 30.9 Å². The highest BCUT2D eigenvalue weighted by atomic mass is 32.2. The SMILES string of the molecule is CCN(C(=O)CCn1nc(C)c(C(=O)OC)c1S(C)=O)[C@H]1CCCN(C(=O)c2ccc(C)cc2)C1. The third-order valence-corrected chi connectivity index (χ3v) is 7.32. The molecule has 2 amide bonds. The molecular weight excluding hydrogens is 468 g/mol. The number of hydrogen-bond acceptors (Lipinski definition) is 6. The molecule has 2 atom stereocenters. The fraction of sp³-hybridized carbons (Fsp3) is 0.520. The minimum atomic E-state index is -1.48. The fourth-order valence-corrected chi connectivity index (χ4v) is 5.54. The van der Waals surface area contributed by atoms with E-state index in [4.69, 9.17) is 4.74 Å². The fourth-order valence-electron chi connectivity index (χ4n) is 4.60. The quantitative estimate of drug-likeness (QED) is 0.514. The van der Waals surface area contributed by atoms with Crippen molar-refractivity contribution in [3.05, 3.63) is 46.6 Å². The van der Waals surface area contributed by atoms with Crippen molar-refractivity contribution in [2.24, 2.45) is 0 Å². The second kappa shape index (κ2) is 11.6. The molecule has 1 aliphatic heterocycles. The molecule has 1 fully saturated rings. The Kier molecular flexibility index (Phi) is 8.82. The molecule has 1 aromatic heterocycles. The van der Waals surface area contributed by atoms with Crippen LogP contribution >= 0.6 is 0 Å². The smallest absolute Gasteiger partial charge is 0.342 e. The first kappa shape index (κ1) is 26.6. The summed E-state index contributed by atoms with van der Waals surface area (Å²) in [5.74, 6) is -0.681. The van der Waals surface area contributed by atoms with E-state index in [1.807, 2.05) is 47.9 Å². The number of aromatic nitrogens is 2. The Morgan fingerprint density at radius 3 is 2.49 bits per heavy atom. The summed E-state index contributed by atoms with van der Waals surface area (Å²) in [5.41, 5.74) is 2.35. The summed E-state index contributed by atoms with van der Waals surface area (Å²) in [6.07, 6.45) is 3.27. The van der Waals surface area contributed by atoms with Gasteiger partial charge in [-0.25, -0.2) is 4.79 Å². The maximum absolute atomic E-state index is 13.2. The van der Waals surface area contributed by atoms with Crippen LogP contribution in [-0.4, -0.2) is 80.6 Å². The Balaban J connectivity index is 1.70. The number of methoxy groups -OCH3 is 1. The van der Waals surface area contributed by atoms with Gasteiger partial charge in [0.15, 0.2) is 0 Å². The van der Waals surface area contributed by atoms with Crippen molar-refractivity contribution in [2.75, 3.05) is 33.0 Å². The maximum Gasteiger partial charge on any atom is 0.342 e. The zero-order valence-corrected chi connectivity index (χ0v) is 21.9. The zero-order chi connectivity index (χ0) is 25.7. The maximum atomic E-state index is 13.2. The Hall–Kier alpha value is -3.01.